The normalized spacial score (nSPS) is 15.1. The molecule has 1 fully saturated rings. The van der Waals surface area contributed by atoms with Crippen molar-refractivity contribution < 1.29 is 22.7 Å². The van der Waals surface area contributed by atoms with Crippen LogP contribution in [-0.2, 0) is 27.6 Å². The quantitative estimate of drug-likeness (QED) is 0.605. The second-order valence-corrected chi connectivity index (χ2v) is 10.3. The van der Waals surface area contributed by atoms with Gasteiger partial charge >= 0.3 is 0 Å². The minimum Gasteiger partial charge on any atom is -0.492 e. The van der Waals surface area contributed by atoms with Crippen molar-refractivity contribution in [3.63, 3.8) is 0 Å². The number of aryl methyl sites for hydroxylation is 2. The van der Waals surface area contributed by atoms with Gasteiger partial charge in [0, 0.05) is 18.0 Å². The fourth-order valence-corrected chi connectivity index (χ4v) is 6.17. The van der Waals surface area contributed by atoms with E-state index in [2.05, 4.69) is 19.2 Å². The fraction of sp³-hybridized carbons (Fsp3) is 0.500. The van der Waals surface area contributed by atoms with E-state index in [-0.39, 0.29) is 10.8 Å². The van der Waals surface area contributed by atoms with Crippen molar-refractivity contribution in [3.05, 3.63) is 39.6 Å². The molecule has 1 aromatic heterocycles. The average molecular weight is 467 g/mol. The van der Waals surface area contributed by atoms with E-state index in [0.717, 1.165) is 19.3 Å². The molecule has 31 heavy (non-hydrogen) atoms. The topological polar surface area (TPSA) is 84.9 Å². The first-order chi connectivity index (χ1) is 14.9. The second kappa shape index (κ2) is 10.6. The lowest BCUT2D eigenvalue weighted by molar-refractivity contribution is 0.0730. The average Bonchev–Trinajstić information content (AvgIpc) is 3.19. The maximum Gasteiger partial charge on any atom is 0.265 e. The molecule has 1 aliphatic heterocycles. The number of hydrogen-bond donors (Lipinski definition) is 1. The molecule has 1 aromatic carbocycles. The zero-order valence-electron chi connectivity index (χ0n) is 18.3. The standard InChI is InChI=1S/C22H30N2O5S2/c1-4-7-20-16(5-2)14-21(30-20)22(25)23-18-15-17(8-9-19(18)29-6-3)31(26,27)24-10-12-28-13-11-24/h8-9,14-15H,4-7,10-13H2,1-3H3,(H,23,25). The van der Waals surface area contributed by atoms with Gasteiger partial charge in [0.2, 0.25) is 10.0 Å². The predicted octanol–water partition coefficient (Wildman–Crippen LogP) is 3.93. The van der Waals surface area contributed by atoms with Gasteiger partial charge in [-0.1, -0.05) is 20.3 Å². The lowest BCUT2D eigenvalue weighted by Crippen LogP contribution is -2.40. The van der Waals surface area contributed by atoms with Gasteiger partial charge in [0.25, 0.3) is 5.91 Å². The van der Waals surface area contributed by atoms with Crippen LogP contribution in [0.25, 0.3) is 0 Å². The minimum absolute atomic E-state index is 0.125. The molecule has 0 unspecified atom stereocenters. The molecule has 1 N–H and O–H groups in total. The van der Waals surface area contributed by atoms with Crippen LogP contribution in [0.2, 0.25) is 0 Å². The number of carbonyl (C=O) groups excluding carboxylic acids is 1. The van der Waals surface area contributed by atoms with Crippen molar-refractivity contribution in [2.45, 2.75) is 44.9 Å². The van der Waals surface area contributed by atoms with E-state index in [1.54, 1.807) is 6.07 Å². The summed E-state index contributed by atoms with van der Waals surface area (Å²) in [6.45, 7) is 7.81. The molecule has 2 aromatic rings. The van der Waals surface area contributed by atoms with Gasteiger partial charge in [-0.15, -0.1) is 11.3 Å². The molecule has 0 saturated carbocycles. The third-order valence-corrected chi connectivity index (χ3v) is 8.22. The summed E-state index contributed by atoms with van der Waals surface area (Å²) in [5, 5.41) is 2.87. The summed E-state index contributed by atoms with van der Waals surface area (Å²) >= 11 is 1.49. The summed E-state index contributed by atoms with van der Waals surface area (Å²) in [6, 6.07) is 6.53. The van der Waals surface area contributed by atoms with Crippen molar-refractivity contribution in [3.8, 4) is 5.75 Å². The number of nitrogens with zero attached hydrogens (tertiary/aromatic N) is 1. The molecule has 0 bridgehead atoms. The SMILES string of the molecule is CCCc1sc(C(=O)Nc2cc(S(=O)(=O)N3CCOCC3)ccc2OCC)cc1CC. The smallest absolute Gasteiger partial charge is 0.265 e. The van der Waals surface area contributed by atoms with E-state index >= 15 is 0 Å². The summed E-state index contributed by atoms with van der Waals surface area (Å²) in [5.41, 5.74) is 1.54. The number of morpholine rings is 1. The van der Waals surface area contributed by atoms with Gasteiger partial charge in [0.05, 0.1) is 35.3 Å². The number of benzene rings is 1. The Morgan fingerprint density at radius 1 is 1.19 bits per heavy atom. The molecular formula is C22H30N2O5S2. The van der Waals surface area contributed by atoms with E-state index in [1.165, 1.54) is 38.2 Å². The Morgan fingerprint density at radius 3 is 2.58 bits per heavy atom. The van der Waals surface area contributed by atoms with E-state index < -0.39 is 10.0 Å². The van der Waals surface area contributed by atoms with E-state index in [4.69, 9.17) is 9.47 Å². The maximum atomic E-state index is 13.0. The second-order valence-electron chi connectivity index (χ2n) is 7.22. The van der Waals surface area contributed by atoms with Crippen LogP contribution in [0.3, 0.4) is 0 Å². The van der Waals surface area contributed by atoms with E-state index in [9.17, 15) is 13.2 Å². The first kappa shape index (κ1) is 23.7. The highest BCUT2D eigenvalue weighted by Crippen LogP contribution is 2.31. The Hall–Kier alpha value is -1.94. The van der Waals surface area contributed by atoms with Crippen molar-refractivity contribution in [2.75, 3.05) is 38.2 Å². The van der Waals surface area contributed by atoms with Crippen molar-refractivity contribution in [2.24, 2.45) is 0 Å². The van der Waals surface area contributed by atoms with Crippen LogP contribution in [0.5, 0.6) is 5.75 Å². The molecular weight excluding hydrogens is 436 g/mol. The van der Waals surface area contributed by atoms with Crippen LogP contribution in [0, 0.1) is 0 Å². The largest absolute Gasteiger partial charge is 0.492 e. The molecule has 0 radical (unpaired) electrons. The molecule has 0 spiro atoms. The third kappa shape index (κ3) is 5.46. The number of thiophene rings is 1. The number of ether oxygens (including phenoxy) is 2. The number of sulfonamides is 1. The first-order valence-corrected chi connectivity index (χ1v) is 12.9. The monoisotopic (exact) mass is 466 g/mol. The molecule has 1 aliphatic rings. The number of anilines is 1. The highest BCUT2D eigenvalue weighted by molar-refractivity contribution is 7.89. The lowest BCUT2D eigenvalue weighted by atomic mass is 10.1. The number of rotatable bonds is 9. The van der Waals surface area contributed by atoms with Gasteiger partial charge in [-0.3, -0.25) is 4.79 Å². The predicted molar refractivity (Wildman–Crippen MR) is 123 cm³/mol. The molecule has 3 rings (SSSR count). The van der Waals surface area contributed by atoms with Crippen molar-refractivity contribution in [1.82, 2.24) is 4.31 Å². The van der Waals surface area contributed by atoms with Gasteiger partial charge in [-0.25, -0.2) is 8.42 Å². The van der Waals surface area contributed by atoms with Crippen molar-refractivity contribution in [1.29, 1.82) is 0 Å². The molecule has 9 heteroatoms. The molecule has 0 atom stereocenters. The summed E-state index contributed by atoms with van der Waals surface area (Å²) < 4.78 is 38.4. The zero-order valence-corrected chi connectivity index (χ0v) is 19.9. The van der Waals surface area contributed by atoms with Crippen LogP contribution >= 0.6 is 11.3 Å². The highest BCUT2D eigenvalue weighted by atomic mass is 32.2. The van der Waals surface area contributed by atoms with Gasteiger partial charge in [-0.2, -0.15) is 4.31 Å². The molecule has 7 nitrogen and oxygen atoms in total. The summed E-state index contributed by atoms with van der Waals surface area (Å²) in [4.78, 5) is 15.0. The summed E-state index contributed by atoms with van der Waals surface area (Å²) in [5.74, 6) is 0.182. The van der Waals surface area contributed by atoms with Gasteiger partial charge in [0.1, 0.15) is 5.75 Å². The van der Waals surface area contributed by atoms with E-state index in [0.29, 0.717) is 49.2 Å². The van der Waals surface area contributed by atoms with Crippen LogP contribution in [0.1, 0.15) is 47.3 Å². The number of hydrogen-bond acceptors (Lipinski definition) is 6. The molecule has 0 aliphatic carbocycles. The summed E-state index contributed by atoms with van der Waals surface area (Å²) in [6.07, 6.45) is 2.83. The molecule has 1 amide bonds. The van der Waals surface area contributed by atoms with Crippen LogP contribution in [0.4, 0.5) is 5.69 Å². The third-order valence-electron chi connectivity index (χ3n) is 5.09. The van der Waals surface area contributed by atoms with Gasteiger partial charge in [-0.05, 0) is 49.6 Å². The van der Waals surface area contributed by atoms with Crippen LogP contribution in [0.15, 0.2) is 29.2 Å². The minimum atomic E-state index is -3.68. The maximum absolute atomic E-state index is 13.0. The Morgan fingerprint density at radius 2 is 1.94 bits per heavy atom. The number of carbonyl (C=O) groups is 1. The Balaban J connectivity index is 1.90. The fourth-order valence-electron chi connectivity index (χ4n) is 3.48. The summed E-state index contributed by atoms with van der Waals surface area (Å²) in [7, 11) is -3.68. The Bertz CT molecular complexity index is 1010. The van der Waals surface area contributed by atoms with E-state index in [1.807, 2.05) is 13.0 Å². The number of amides is 1. The van der Waals surface area contributed by atoms with Gasteiger partial charge < -0.3 is 14.8 Å². The molecule has 170 valence electrons. The first-order valence-electron chi connectivity index (χ1n) is 10.7. The highest BCUT2D eigenvalue weighted by Gasteiger charge is 2.27. The zero-order chi connectivity index (χ0) is 22.4. The van der Waals surface area contributed by atoms with Gasteiger partial charge in [0.15, 0.2) is 0 Å². The molecule has 2 heterocycles. The lowest BCUT2D eigenvalue weighted by Gasteiger charge is -2.26. The molecule has 1 saturated heterocycles. The van der Waals surface area contributed by atoms with Crippen molar-refractivity contribution >= 4 is 33.0 Å². The Kier molecular flexibility index (Phi) is 8.10. The van der Waals surface area contributed by atoms with Crippen LogP contribution in [-0.4, -0.2) is 51.5 Å². The van der Waals surface area contributed by atoms with Crippen LogP contribution < -0.4 is 10.1 Å². The number of nitrogens with one attached hydrogen (secondary N) is 1. The Labute approximate surface area is 188 Å².